The molecule has 0 aromatic rings. The molecule has 0 aromatic heterocycles. The molecule has 45 heavy (non-hydrogen) atoms. The maximum Gasteiger partial charge on any atom is 0.306 e. The number of nitrogens with zero attached hydrogens (tertiary/aromatic N) is 2. The van der Waals surface area contributed by atoms with Gasteiger partial charge in [0, 0.05) is 37.9 Å². The summed E-state index contributed by atoms with van der Waals surface area (Å²) >= 11 is 0. The Kier molecular flexibility index (Phi) is 10.7. The number of carbonyl (C=O) groups is 3. The summed E-state index contributed by atoms with van der Waals surface area (Å²) in [6.45, 7) is 12.0. The number of likely N-dealkylation sites (N-methyl/N-ethyl adjacent to an activating group) is 1. The van der Waals surface area contributed by atoms with Gasteiger partial charge in [-0.2, -0.15) is 0 Å². The van der Waals surface area contributed by atoms with Crippen LogP contribution in [0.3, 0.4) is 0 Å². The third-order valence-corrected chi connectivity index (χ3v) is 13.9. The predicted molar refractivity (Wildman–Crippen MR) is 165 cm³/mol. The minimum absolute atomic E-state index is 0. The van der Waals surface area contributed by atoms with Crippen molar-refractivity contribution in [2.24, 2.45) is 34.5 Å². The molecule has 0 amide bonds. The Labute approximate surface area is 280 Å². The highest BCUT2D eigenvalue weighted by atomic mass is 79.9. The molecule has 4 saturated carbocycles. The minimum atomic E-state index is -0.966. The van der Waals surface area contributed by atoms with Gasteiger partial charge in [-0.05, 0) is 86.9 Å². The van der Waals surface area contributed by atoms with E-state index in [1.807, 2.05) is 0 Å². The Morgan fingerprint density at radius 3 is 2.31 bits per heavy atom. The fourth-order valence-electron chi connectivity index (χ4n) is 11.6. The lowest BCUT2D eigenvalue weighted by molar-refractivity contribution is -0.940. The Balaban J connectivity index is 0.00000400. The molecule has 0 spiro atoms. The van der Waals surface area contributed by atoms with Crippen molar-refractivity contribution in [1.29, 1.82) is 0 Å². The highest BCUT2D eigenvalue weighted by Crippen LogP contribution is 2.67. The molecule has 6 rings (SSSR count). The van der Waals surface area contributed by atoms with Crippen molar-refractivity contribution in [3.8, 4) is 0 Å². The van der Waals surface area contributed by atoms with Gasteiger partial charge in [0.1, 0.15) is 12.1 Å². The number of carbonyl (C=O) groups excluding carboxylic acids is 2. The Morgan fingerprint density at radius 2 is 1.64 bits per heavy atom. The van der Waals surface area contributed by atoms with Gasteiger partial charge in [-0.1, -0.05) is 13.8 Å². The zero-order chi connectivity index (χ0) is 31.3. The molecule has 6 aliphatic rings. The third-order valence-electron chi connectivity index (χ3n) is 13.9. The average Bonchev–Trinajstić information content (AvgIpc) is 3.29. The van der Waals surface area contributed by atoms with E-state index < -0.39 is 5.97 Å². The van der Waals surface area contributed by atoms with Crippen molar-refractivity contribution < 1.29 is 55.2 Å². The predicted octanol–water partition coefficient (Wildman–Crippen LogP) is 1.66. The highest BCUT2D eigenvalue weighted by Gasteiger charge is 2.67. The SMILES string of the molecule is CC(=O)O[C@H]1[C@@H]([N+]2(C)CCCCC2)C[C@H]2[C@@H]3CC[C@H]4C[C@H](OC(=O)CCC(=O)O)[C@H](N5CCOCC5)C[C@]4(C)[C@H]3CC[C@@]21C.[Br-]. The number of rotatable bonds is 7. The number of carboxylic acid groups (broad SMARTS) is 1. The van der Waals surface area contributed by atoms with E-state index in [2.05, 4.69) is 25.8 Å². The van der Waals surface area contributed by atoms with Gasteiger partial charge in [0.15, 0.2) is 6.10 Å². The normalized spacial score (nSPS) is 42.7. The largest absolute Gasteiger partial charge is 1.00 e. The van der Waals surface area contributed by atoms with Crippen LogP contribution in [0.25, 0.3) is 0 Å². The summed E-state index contributed by atoms with van der Waals surface area (Å²) in [6, 6.07) is 0.504. The summed E-state index contributed by atoms with van der Waals surface area (Å²) < 4.78 is 19.2. The highest BCUT2D eigenvalue weighted by molar-refractivity contribution is 5.76. The molecule has 256 valence electrons. The molecule has 0 unspecified atom stereocenters. The number of fused-ring (bicyclic) bond motifs is 5. The van der Waals surface area contributed by atoms with Gasteiger partial charge in [0.2, 0.25) is 0 Å². The van der Waals surface area contributed by atoms with Crippen molar-refractivity contribution in [2.75, 3.05) is 46.4 Å². The Hall–Kier alpha value is -1.23. The summed E-state index contributed by atoms with van der Waals surface area (Å²) in [5.41, 5.74) is 0.162. The first-order valence-corrected chi connectivity index (χ1v) is 17.7. The van der Waals surface area contributed by atoms with Crippen LogP contribution in [-0.4, -0.2) is 103 Å². The van der Waals surface area contributed by atoms with E-state index in [1.165, 1.54) is 38.8 Å². The summed E-state index contributed by atoms with van der Waals surface area (Å²) in [5.74, 6) is 0.780. The second-order valence-corrected chi connectivity index (χ2v) is 16.1. The van der Waals surface area contributed by atoms with Crippen LogP contribution in [-0.2, 0) is 28.6 Å². The molecular formula is C35H57BrN2O7. The second-order valence-electron chi connectivity index (χ2n) is 16.1. The zero-order valence-electron chi connectivity index (χ0n) is 28.0. The number of piperidine rings is 1. The van der Waals surface area contributed by atoms with Crippen LogP contribution in [0.4, 0.5) is 0 Å². The van der Waals surface area contributed by atoms with Crippen LogP contribution in [0.2, 0.25) is 0 Å². The maximum atomic E-state index is 12.8. The fourth-order valence-corrected chi connectivity index (χ4v) is 11.6. The number of quaternary nitrogens is 1. The van der Waals surface area contributed by atoms with Gasteiger partial charge in [-0.3, -0.25) is 19.3 Å². The molecule has 4 aliphatic carbocycles. The fraction of sp³-hybridized carbons (Fsp3) is 0.914. The Morgan fingerprint density at radius 1 is 0.933 bits per heavy atom. The summed E-state index contributed by atoms with van der Waals surface area (Å²) in [6.07, 6.45) is 11.0. The zero-order valence-corrected chi connectivity index (χ0v) is 29.6. The number of hydrogen-bond acceptors (Lipinski definition) is 7. The molecule has 10 atom stereocenters. The van der Waals surface area contributed by atoms with Gasteiger partial charge in [0.05, 0.1) is 46.2 Å². The van der Waals surface area contributed by atoms with Crippen LogP contribution >= 0.6 is 0 Å². The van der Waals surface area contributed by atoms with Gasteiger partial charge in [0.25, 0.3) is 0 Å². The van der Waals surface area contributed by atoms with E-state index in [9.17, 15) is 14.4 Å². The number of morpholine rings is 1. The number of ether oxygens (including phenoxy) is 3. The van der Waals surface area contributed by atoms with Crippen molar-refractivity contribution in [1.82, 2.24) is 4.90 Å². The van der Waals surface area contributed by atoms with E-state index in [-0.39, 0.29) is 70.8 Å². The summed E-state index contributed by atoms with van der Waals surface area (Å²) in [5, 5.41) is 9.11. The van der Waals surface area contributed by atoms with Crippen LogP contribution in [0.15, 0.2) is 0 Å². The summed E-state index contributed by atoms with van der Waals surface area (Å²) in [7, 11) is 2.43. The first-order valence-electron chi connectivity index (χ1n) is 17.7. The number of esters is 2. The molecule has 10 heteroatoms. The Bertz CT molecular complexity index is 1090. The van der Waals surface area contributed by atoms with Gasteiger partial charge in [-0.25, -0.2) is 0 Å². The molecular weight excluding hydrogens is 640 g/mol. The van der Waals surface area contributed by atoms with Crippen LogP contribution in [0, 0.1) is 34.5 Å². The smallest absolute Gasteiger partial charge is 0.306 e. The van der Waals surface area contributed by atoms with Crippen LogP contribution < -0.4 is 17.0 Å². The number of likely N-dealkylation sites (tertiary alicyclic amines) is 1. The lowest BCUT2D eigenvalue weighted by Gasteiger charge is -2.62. The second kappa shape index (κ2) is 13.7. The quantitative estimate of drug-likeness (QED) is 0.317. The summed E-state index contributed by atoms with van der Waals surface area (Å²) in [4.78, 5) is 38.9. The lowest BCUT2D eigenvalue weighted by atomic mass is 9.44. The topological polar surface area (TPSA) is 102 Å². The first-order chi connectivity index (χ1) is 20.9. The molecule has 2 aliphatic heterocycles. The molecule has 6 fully saturated rings. The third kappa shape index (κ3) is 6.60. The van der Waals surface area contributed by atoms with E-state index in [4.69, 9.17) is 19.3 Å². The monoisotopic (exact) mass is 696 g/mol. The number of aliphatic carboxylic acids is 1. The molecule has 2 saturated heterocycles. The standard InChI is InChI=1S/C35H56N2O7.BrH/c1-23(38)43-33-29(37(4)16-6-5-7-17-37)21-27-25-9-8-24-20-30(44-32(41)11-10-31(39)40)28(36-14-18-42-19-15-36)22-35(24,3)26(25)12-13-34(27,33)2;/h24-30,33H,5-22H2,1-4H3;1H/t24-,25+,26-,27-,28+,29-,30-,33-,34-,35-;/m0./s1. The maximum absolute atomic E-state index is 12.8. The molecule has 0 radical (unpaired) electrons. The van der Waals surface area contributed by atoms with E-state index >= 15 is 0 Å². The number of halogens is 1. The van der Waals surface area contributed by atoms with E-state index in [0.29, 0.717) is 42.9 Å². The van der Waals surface area contributed by atoms with E-state index in [1.54, 1.807) is 6.92 Å². The van der Waals surface area contributed by atoms with Crippen LogP contribution in [0.5, 0.6) is 0 Å². The van der Waals surface area contributed by atoms with Gasteiger partial charge >= 0.3 is 17.9 Å². The van der Waals surface area contributed by atoms with Crippen molar-refractivity contribution in [3.05, 3.63) is 0 Å². The van der Waals surface area contributed by atoms with Crippen molar-refractivity contribution >= 4 is 17.9 Å². The van der Waals surface area contributed by atoms with Gasteiger partial charge in [-0.15, -0.1) is 0 Å². The molecule has 0 bridgehead atoms. The van der Waals surface area contributed by atoms with Crippen LogP contribution in [0.1, 0.15) is 97.8 Å². The first kappa shape index (κ1) is 35.1. The molecule has 2 heterocycles. The van der Waals surface area contributed by atoms with Crippen molar-refractivity contribution in [3.63, 3.8) is 0 Å². The molecule has 1 N–H and O–H groups in total. The number of hydrogen-bond donors (Lipinski definition) is 1. The molecule has 9 nitrogen and oxygen atoms in total. The lowest BCUT2D eigenvalue weighted by Crippen LogP contribution is -3.00. The van der Waals surface area contributed by atoms with E-state index in [0.717, 1.165) is 56.1 Å². The average molecular weight is 698 g/mol. The van der Waals surface area contributed by atoms with Crippen molar-refractivity contribution in [2.45, 2.75) is 122 Å². The minimum Gasteiger partial charge on any atom is -1.00 e. The molecule has 0 aromatic carbocycles. The number of carboxylic acids is 1. The van der Waals surface area contributed by atoms with Gasteiger partial charge < -0.3 is 40.8 Å².